The first-order valence-corrected chi connectivity index (χ1v) is 4.46. The molecule has 4 nitrogen and oxygen atoms in total. The third-order valence-corrected chi connectivity index (χ3v) is 1.53. The molecule has 2 N–H and O–H groups in total. The van der Waals surface area contributed by atoms with E-state index < -0.39 is 5.54 Å². The summed E-state index contributed by atoms with van der Waals surface area (Å²) in [6.45, 7) is 5.58. The average molecular weight is 193 g/mol. The summed E-state index contributed by atoms with van der Waals surface area (Å²) in [5, 5.41) is 7.69. The zero-order valence-corrected chi connectivity index (χ0v) is 8.69. The molecule has 4 heteroatoms. The fraction of sp³-hybridized carbons (Fsp3) is 0.400. The summed E-state index contributed by atoms with van der Waals surface area (Å²) in [5.41, 5.74) is 5.21. The van der Waals surface area contributed by atoms with Crippen molar-refractivity contribution < 1.29 is 4.42 Å². The van der Waals surface area contributed by atoms with Crippen molar-refractivity contribution in [2.24, 2.45) is 5.73 Å². The standard InChI is InChI=1S/C10H15N3O/c1-4-5-6-7-8-12-13-9(14-8)10(2,3)11/h4-7H,11H2,1-3H3/b5-4+,7-6+. The second-order valence-corrected chi connectivity index (χ2v) is 3.55. The zero-order chi connectivity index (χ0) is 10.6. The Balaban J connectivity index is 2.79. The van der Waals surface area contributed by atoms with E-state index in [1.54, 1.807) is 6.08 Å². The molecule has 1 aromatic rings. The Morgan fingerprint density at radius 3 is 2.50 bits per heavy atom. The molecule has 1 aromatic heterocycles. The van der Waals surface area contributed by atoms with E-state index in [0.29, 0.717) is 11.8 Å². The SMILES string of the molecule is C/C=C/C=C/c1nnc(C(C)(C)N)o1. The summed E-state index contributed by atoms with van der Waals surface area (Å²) >= 11 is 0. The van der Waals surface area contributed by atoms with Crippen molar-refractivity contribution in [1.29, 1.82) is 0 Å². The van der Waals surface area contributed by atoms with E-state index in [0.717, 1.165) is 0 Å². The summed E-state index contributed by atoms with van der Waals surface area (Å²) in [6, 6.07) is 0. The number of nitrogens with zero attached hydrogens (tertiary/aromatic N) is 2. The lowest BCUT2D eigenvalue weighted by atomic mass is 10.1. The second-order valence-electron chi connectivity index (χ2n) is 3.55. The van der Waals surface area contributed by atoms with Crippen LogP contribution in [0.1, 0.15) is 32.6 Å². The lowest BCUT2D eigenvalue weighted by Gasteiger charge is -2.11. The van der Waals surface area contributed by atoms with Gasteiger partial charge in [0.2, 0.25) is 11.8 Å². The summed E-state index contributed by atoms with van der Waals surface area (Å²) < 4.78 is 5.33. The number of aromatic nitrogens is 2. The minimum absolute atomic E-state index is 0.442. The van der Waals surface area contributed by atoms with Crippen LogP contribution in [0.15, 0.2) is 22.6 Å². The number of hydrogen-bond donors (Lipinski definition) is 1. The van der Waals surface area contributed by atoms with Crippen molar-refractivity contribution in [2.75, 3.05) is 0 Å². The molecule has 0 aliphatic carbocycles. The maximum atomic E-state index is 5.79. The minimum Gasteiger partial charge on any atom is -0.419 e. The highest BCUT2D eigenvalue weighted by molar-refractivity contribution is 5.40. The predicted octanol–water partition coefficient (Wildman–Crippen LogP) is 1.85. The van der Waals surface area contributed by atoms with Crippen LogP contribution in [0.3, 0.4) is 0 Å². The van der Waals surface area contributed by atoms with Crippen molar-refractivity contribution in [3.05, 3.63) is 30.0 Å². The minimum atomic E-state index is -0.584. The van der Waals surface area contributed by atoms with Crippen LogP contribution < -0.4 is 5.73 Å². The highest BCUT2D eigenvalue weighted by Gasteiger charge is 2.21. The first-order valence-electron chi connectivity index (χ1n) is 4.46. The Bertz CT molecular complexity index is 344. The van der Waals surface area contributed by atoms with Gasteiger partial charge >= 0.3 is 0 Å². The van der Waals surface area contributed by atoms with E-state index in [-0.39, 0.29) is 0 Å². The van der Waals surface area contributed by atoms with Crippen LogP contribution in [0.5, 0.6) is 0 Å². The average Bonchev–Trinajstić information content (AvgIpc) is 2.52. The quantitative estimate of drug-likeness (QED) is 0.744. The molecule has 0 aliphatic rings. The highest BCUT2D eigenvalue weighted by atomic mass is 16.4. The maximum absolute atomic E-state index is 5.79. The Labute approximate surface area is 83.5 Å². The van der Waals surface area contributed by atoms with Gasteiger partial charge in [-0.3, -0.25) is 0 Å². The van der Waals surface area contributed by atoms with Crippen LogP contribution in [0.4, 0.5) is 0 Å². The van der Waals surface area contributed by atoms with Crippen LogP contribution in [-0.2, 0) is 5.54 Å². The smallest absolute Gasteiger partial charge is 0.240 e. The van der Waals surface area contributed by atoms with Crippen LogP contribution >= 0.6 is 0 Å². The van der Waals surface area contributed by atoms with Gasteiger partial charge in [0.15, 0.2) is 0 Å². The molecule has 14 heavy (non-hydrogen) atoms. The van der Waals surface area contributed by atoms with Gasteiger partial charge in [-0.15, -0.1) is 10.2 Å². The molecule has 0 aromatic carbocycles. The van der Waals surface area contributed by atoms with Gasteiger partial charge in [0.25, 0.3) is 0 Å². The van der Waals surface area contributed by atoms with E-state index in [4.69, 9.17) is 10.2 Å². The van der Waals surface area contributed by atoms with Gasteiger partial charge in [0, 0.05) is 6.08 Å². The highest BCUT2D eigenvalue weighted by Crippen LogP contribution is 2.15. The molecule has 0 atom stereocenters. The Morgan fingerprint density at radius 1 is 1.29 bits per heavy atom. The molecule has 76 valence electrons. The van der Waals surface area contributed by atoms with Gasteiger partial charge in [-0.1, -0.05) is 18.2 Å². The fourth-order valence-corrected chi connectivity index (χ4v) is 0.811. The van der Waals surface area contributed by atoms with Crippen molar-refractivity contribution >= 4 is 6.08 Å². The molecule has 0 saturated heterocycles. The summed E-state index contributed by atoms with van der Waals surface area (Å²) in [5.74, 6) is 0.911. The van der Waals surface area contributed by atoms with Crippen molar-refractivity contribution in [2.45, 2.75) is 26.3 Å². The van der Waals surface area contributed by atoms with Gasteiger partial charge in [0.05, 0.1) is 5.54 Å². The topological polar surface area (TPSA) is 64.9 Å². The molecule has 1 rings (SSSR count). The molecule has 0 spiro atoms. The molecule has 0 fully saturated rings. The molecule has 0 radical (unpaired) electrons. The molecule has 0 saturated carbocycles. The zero-order valence-electron chi connectivity index (χ0n) is 8.69. The monoisotopic (exact) mass is 193 g/mol. The van der Waals surface area contributed by atoms with Gasteiger partial charge in [-0.25, -0.2) is 0 Å². The maximum Gasteiger partial charge on any atom is 0.240 e. The lowest BCUT2D eigenvalue weighted by molar-refractivity contribution is 0.375. The summed E-state index contributed by atoms with van der Waals surface area (Å²) in [4.78, 5) is 0. The van der Waals surface area contributed by atoms with Gasteiger partial charge < -0.3 is 10.2 Å². The van der Waals surface area contributed by atoms with E-state index in [1.165, 1.54) is 0 Å². The van der Waals surface area contributed by atoms with Crippen molar-refractivity contribution in [1.82, 2.24) is 10.2 Å². The van der Waals surface area contributed by atoms with Gasteiger partial charge in [-0.05, 0) is 20.8 Å². The Hall–Kier alpha value is -1.42. The molecule has 0 unspecified atom stereocenters. The lowest BCUT2D eigenvalue weighted by Crippen LogP contribution is -2.29. The predicted molar refractivity (Wildman–Crippen MR) is 55.4 cm³/mol. The van der Waals surface area contributed by atoms with E-state index >= 15 is 0 Å². The van der Waals surface area contributed by atoms with Gasteiger partial charge in [0.1, 0.15) is 0 Å². The third kappa shape index (κ3) is 2.81. The number of nitrogens with two attached hydrogens (primary N) is 1. The molecule has 0 bridgehead atoms. The molecule has 1 heterocycles. The normalized spacial score (nSPS) is 13.1. The van der Waals surface area contributed by atoms with Crippen molar-refractivity contribution in [3.63, 3.8) is 0 Å². The summed E-state index contributed by atoms with van der Waals surface area (Å²) in [7, 11) is 0. The largest absolute Gasteiger partial charge is 0.419 e. The number of hydrogen-bond acceptors (Lipinski definition) is 4. The van der Waals surface area contributed by atoms with Crippen LogP contribution in [0.2, 0.25) is 0 Å². The van der Waals surface area contributed by atoms with Crippen LogP contribution in [0, 0.1) is 0 Å². The van der Waals surface area contributed by atoms with E-state index in [9.17, 15) is 0 Å². The Kier molecular flexibility index (Phi) is 3.19. The second kappa shape index (κ2) is 4.19. The van der Waals surface area contributed by atoms with E-state index in [1.807, 2.05) is 39.0 Å². The van der Waals surface area contributed by atoms with Gasteiger partial charge in [-0.2, -0.15) is 0 Å². The fourth-order valence-electron chi connectivity index (χ4n) is 0.811. The molecular weight excluding hydrogens is 178 g/mol. The third-order valence-electron chi connectivity index (χ3n) is 1.53. The number of allylic oxidation sites excluding steroid dienone is 3. The van der Waals surface area contributed by atoms with Crippen LogP contribution in [0.25, 0.3) is 6.08 Å². The van der Waals surface area contributed by atoms with Crippen molar-refractivity contribution in [3.8, 4) is 0 Å². The van der Waals surface area contributed by atoms with E-state index in [2.05, 4.69) is 10.2 Å². The first-order chi connectivity index (χ1) is 6.54. The molecular formula is C10H15N3O. The Morgan fingerprint density at radius 2 is 2.00 bits per heavy atom. The first kappa shape index (κ1) is 10.7. The number of rotatable bonds is 3. The summed E-state index contributed by atoms with van der Waals surface area (Å²) in [6.07, 6.45) is 7.38. The molecule has 0 amide bonds. The van der Waals surface area contributed by atoms with Crippen LogP contribution in [-0.4, -0.2) is 10.2 Å². The molecule has 0 aliphatic heterocycles.